The number of hydrogen-bond acceptors (Lipinski definition) is 1. The van der Waals surface area contributed by atoms with Crippen molar-refractivity contribution in [3.63, 3.8) is 0 Å². The van der Waals surface area contributed by atoms with Gasteiger partial charge in [0.05, 0.1) is 0 Å². The van der Waals surface area contributed by atoms with Crippen molar-refractivity contribution >= 4 is 22.6 Å². The van der Waals surface area contributed by atoms with E-state index in [2.05, 4.69) is 28.5 Å². The molecule has 0 saturated carbocycles. The van der Waals surface area contributed by atoms with Gasteiger partial charge in [0.25, 0.3) is 0 Å². The number of benzene rings is 2. The first-order valence-electron chi connectivity index (χ1n) is 8.42. The Labute approximate surface area is 141 Å². The van der Waals surface area contributed by atoms with E-state index in [-0.39, 0.29) is 6.03 Å². The molecule has 4 rings (SSSR count). The molecule has 24 heavy (non-hydrogen) atoms. The van der Waals surface area contributed by atoms with E-state index in [9.17, 15) is 4.79 Å². The molecular formula is C20H21N3O. The summed E-state index contributed by atoms with van der Waals surface area (Å²) < 4.78 is 0. The third kappa shape index (κ3) is 2.75. The van der Waals surface area contributed by atoms with Crippen LogP contribution in [-0.2, 0) is 13.0 Å². The molecule has 122 valence electrons. The topological polar surface area (TPSA) is 48.1 Å². The Kier molecular flexibility index (Phi) is 3.73. The molecule has 0 unspecified atom stereocenters. The van der Waals surface area contributed by atoms with Crippen LogP contribution in [0.15, 0.2) is 48.5 Å². The predicted octanol–water partition coefficient (Wildman–Crippen LogP) is 4.46. The van der Waals surface area contributed by atoms with Gasteiger partial charge < -0.3 is 15.2 Å². The number of nitrogens with one attached hydrogen (secondary N) is 2. The van der Waals surface area contributed by atoms with Gasteiger partial charge in [-0.15, -0.1) is 0 Å². The fraction of sp³-hybridized carbons (Fsp3) is 0.250. The summed E-state index contributed by atoms with van der Waals surface area (Å²) >= 11 is 0. The van der Waals surface area contributed by atoms with Crippen LogP contribution in [0.1, 0.15) is 23.2 Å². The second-order valence-corrected chi connectivity index (χ2v) is 6.45. The summed E-state index contributed by atoms with van der Waals surface area (Å²) in [4.78, 5) is 18.1. The van der Waals surface area contributed by atoms with Gasteiger partial charge in [-0.3, -0.25) is 0 Å². The Morgan fingerprint density at radius 1 is 1.17 bits per heavy atom. The lowest BCUT2D eigenvalue weighted by atomic mass is 10.1. The molecule has 4 nitrogen and oxygen atoms in total. The summed E-state index contributed by atoms with van der Waals surface area (Å²) in [5.41, 5.74) is 5.67. The third-order valence-corrected chi connectivity index (χ3v) is 4.66. The second-order valence-electron chi connectivity index (χ2n) is 6.45. The summed E-state index contributed by atoms with van der Waals surface area (Å²) in [5.74, 6) is 0. The third-order valence-electron chi connectivity index (χ3n) is 4.66. The zero-order valence-corrected chi connectivity index (χ0v) is 13.8. The molecule has 1 aliphatic rings. The number of hydrogen-bond donors (Lipinski definition) is 2. The quantitative estimate of drug-likeness (QED) is 0.683. The highest BCUT2D eigenvalue weighted by atomic mass is 16.2. The predicted molar refractivity (Wildman–Crippen MR) is 97.2 cm³/mol. The zero-order valence-electron chi connectivity index (χ0n) is 13.8. The molecule has 0 saturated heterocycles. The van der Waals surface area contributed by atoms with Crippen LogP contribution in [0.25, 0.3) is 10.9 Å². The fourth-order valence-corrected chi connectivity index (χ4v) is 3.47. The van der Waals surface area contributed by atoms with Gasteiger partial charge in [-0.25, -0.2) is 4.79 Å². The van der Waals surface area contributed by atoms with Crippen molar-refractivity contribution in [2.24, 2.45) is 0 Å². The Morgan fingerprint density at radius 3 is 2.92 bits per heavy atom. The first kappa shape index (κ1) is 14.8. The van der Waals surface area contributed by atoms with E-state index < -0.39 is 0 Å². The molecule has 0 aliphatic carbocycles. The highest BCUT2D eigenvalue weighted by molar-refractivity contribution is 5.90. The van der Waals surface area contributed by atoms with Crippen molar-refractivity contribution in [1.29, 1.82) is 0 Å². The lowest BCUT2D eigenvalue weighted by Gasteiger charge is -2.21. The first-order valence-corrected chi connectivity index (χ1v) is 8.42. The van der Waals surface area contributed by atoms with Crippen LogP contribution in [0.5, 0.6) is 0 Å². The molecule has 1 aliphatic heterocycles. The summed E-state index contributed by atoms with van der Waals surface area (Å²) in [6.45, 7) is 3.45. The SMILES string of the molecule is Cc1cccc(NC(=O)N2CCCc3[nH]c4ccccc4c3C2)c1. The van der Waals surface area contributed by atoms with Crippen molar-refractivity contribution in [3.8, 4) is 0 Å². The molecule has 2 N–H and O–H groups in total. The number of aromatic nitrogens is 1. The number of rotatable bonds is 1. The number of nitrogens with zero attached hydrogens (tertiary/aromatic N) is 1. The van der Waals surface area contributed by atoms with E-state index in [1.54, 1.807) is 0 Å². The van der Waals surface area contributed by atoms with Gasteiger partial charge in [-0.1, -0.05) is 30.3 Å². The van der Waals surface area contributed by atoms with Crippen LogP contribution >= 0.6 is 0 Å². The number of carbonyl (C=O) groups is 1. The van der Waals surface area contributed by atoms with E-state index in [0.29, 0.717) is 6.54 Å². The molecule has 0 atom stereocenters. The Balaban J connectivity index is 1.59. The number of fused-ring (bicyclic) bond motifs is 3. The Hall–Kier alpha value is -2.75. The molecular weight excluding hydrogens is 298 g/mol. The maximum Gasteiger partial charge on any atom is 0.322 e. The van der Waals surface area contributed by atoms with Crippen LogP contribution in [0.4, 0.5) is 10.5 Å². The van der Waals surface area contributed by atoms with Crippen LogP contribution in [-0.4, -0.2) is 22.5 Å². The standard InChI is InChI=1S/C20H21N3O/c1-14-6-4-7-15(12-14)21-20(24)23-11-5-10-19-17(13-23)16-8-2-3-9-18(16)22-19/h2-4,6-9,12,22H,5,10-11,13H2,1H3,(H,21,24). The highest BCUT2D eigenvalue weighted by Gasteiger charge is 2.22. The average Bonchev–Trinajstić information content (AvgIpc) is 2.78. The van der Waals surface area contributed by atoms with Gasteiger partial charge in [0.15, 0.2) is 0 Å². The van der Waals surface area contributed by atoms with Gasteiger partial charge >= 0.3 is 6.03 Å². The maximum atomic E-state index is 12.7. The molecule has 1 aromatic heterocycles. The molecule has 0 fully saturated rings. The van der Waals surface area contributed by atoms with Crippen molar-refractivity contribution in [1.82, 2.24) is 9.88 Å². The zero-order chi connectivity index (χ0) is 16.5. The van der Waals surface area contributed by atoms with Crippen molar-refractivity contribution in [2.75, 3.05) is 11.9 Å². The Bertz CT molecular complexity index is 897. The number of aryl methyl sites for hydroxylation is 2. The second kappa shape index (κ2) is 6.04. The maximum absolute atomic E-state index is 12.7. The minimum atomic E-state index is -0.0290. The lowest BCUT2D eigenvalue weighted by Crippen LogP contribution is -2.34. The smallest absolute Gasteiger partial charge is 0.322 e. The molecule has 0 spiro atoms. The van der Waals surface area contributed by atoms with Crippen molar-refractivity contribution in [2.45, 2.75) is 26.3 Å². The number of carbonyl (C=O) groups excluding carboxylic acids is 1. The monoisotopic (exact) mass is 319 g/mol. The number of para-hydroxylation sites is 1. The van der Waals surface area contributed by atoms with E-state index in [4.69, 9.17) is 0 Å². The molecule has 0 radical (unpaired) electrons. The first-order chi connectivity index (χ1) is 11.7. The molecule has 3 aromatic rings. The molecule has 2 heterocycles. The van der Waals surface area contributed by atoms with Crippen LogP contribution in [0.3, 0.4) is 0 Å². The summed E-state index contributed by atoms with van der Waals surface area (Å²) in [6, 6.07) is 16.2. The van der Waals surface area contributed by atoms with Crippen LogP contribution in [0, 0.1) is 6.92 Å². The van der Waals surface area contributed by atoms with Crippen molar-refractivity contribution in [3.05, 3.63) is 65.4 Å². The highest BCUT2D eigenvalue weighted by Crippen LogP contribution is 2.27. The number of aromatic amines is 1. The summed E-state index contributed by atoms with van der Waals surface area (Å²) in [7, 11) is 0. The Morgan fingerprint density at radius 2 is 2.04 bits per heavy atom. The van der Waals surface area contributed by atoms with Gasteiger partial charge in [-0.2, -0.15) is 0 Å². The number of amides is 2. The van der Waals surface area contributed by atoms with Crippen LogP contribution in [0.2, 0.25) is 0 Å². The van der Waals surface area contributed by atoms with Gasteiger partial charge in [0, 0.05) is 40.9 Å². The van der Waals surface area contributed by atoms with E-state index in [1.807, 2.05) is 42.2 Å². The fourth-order valence-electron chi connectivity index (χ4n) is 3.47. The van der Waals surface area contributed by atoms with E-state index >= 15 is 0 Å². The minimum Gasteiger partial charge on any atom is -0.358 e. The number of H-pyrrole nitrogens is 1. The molecule has 4 heteroatoms. The normalized spacial score (nSPS) is 14.3. The summed E-state index contributed by atoms with van der Waals surface area (Å²) in [5, 5.41) is 4.25. The van der Waals surface area contributed by atoms with Gasteiger partial charge in [0.2, 0.25) is 0 Å². The lowest BCUT2D eigenvalue weighted by molar-refractivity contribution is 0.210. The van der Waals surface area contributed by atoms with Crippen molar-refractivity contribution < 1.29 is 4.79 Å². The molecule has 2 aromatic carbocycles. The summed E-state index contributed by atoms with van der Waals surface area (Å²) in [6.07, 6.45) is 1.96. The number of urea groups is 1. The van der Waals surface area contributed by atoms with E-state index in [0.717, 1.165) is 36.2 Å². The molecule has 0 bridgehead atoms. The minimum absolute atomic E-state index is 0.0290. The van der Waals surface area contributed by atoms with Gasteiger partial charge in [0.1, 0.15) is 0 Å². The number of anilines is 1. The van der Waals surface area contributed by atoms with Crippen LogP contribution < -0.4 is 5.32 Å². The van der Waals surface area contributed by atoms with E-state index in [1.165, 1.54) is 16.6 Å². The largest absolute Gasteiger partial charge is 0.358 e. The molecule has 2 amide bonds. The van der Waals surface area contributed by atoms with Gasteiger partial charge in [-0.05, 0) is 43.5 Å². The average molecular weight is 319 g/mol.